The summed E-state index contributed by atoms with van der Waals surface area (Å²) in [6.07, 6.45) is 4.26. The zero-order valence-corrected chi connectivity index (χ0v) is 13.8. The lowest BCUT2D eigenvalue weighted by atomic mass is 9.99. The van der Waals surface area contributed by atoms with Gasteiger partial charge in [0, 0.05) is 29.7 Å². The summed E-state index contributed by atoms with van der Waals surface area (Å²) in [5.74, 6) is 0.565. The van der Waals surface area contributed by atoms with E-state index < -0.39 is 0 Å². The van der Waals surface area contributed by atoms with Gasteiger partial charge in [0.15, 0.2) is 5.82 Å². The summed E-state index contributed by atoms with van der Waals surface area (Å²) in [5.41, 5.74) is 6.05. The fraction of sp³-hybridized carbons (Fsp3) is 0.100. The van der Waals surface area contributed by atoms with Gasteiger partial charge in [-0.1, -0.05) is 35.9 Å². The van der Waals surface area contributed by atoms with Gasteiger partial charge in [0.05, 0.1) is 5.57 Å². The summed E-state index contributed by atoms with van der Waals surface area (Å²) in [4.78, 5) is 12.3. The van der Waals surface area contributed by atoms with Gasteiger partial charge >= 0.3 is 0 Å². The van der Waals surface area contributed by atoms with E-state index in [1.165, 1.54) is 16.7 Å². The van der Waals surface area contributed by atoms with E-state index in [1.54, 1.807) is 18.5 Å². The van der Waals surface area contributed by atoms with Crippen LogP contribution in [0.25, 0.3) is 5.57 Å². The third-order valence-corrected chi connectivity index (χ3v) is 4.26. The molecule has 0 atom stereocenters. The molecule has 0 unspecified atom stereocenters. The highest BCUT2D eigenvalue weighted by Gasteiger charge is 2.24. The number of nitrogens with one attached hydrogen (secondary N) is 3. The molecule has 0 saturated heterocycles. The van der Waals surface area contributed by atoms with E-state index in [2.05, 4.69) is 64.2 Å². The number of hydrogen-bond donors (Lipinski definition) is 3. The average Bonchev–Trinajstić information content (AvgIpc) is 3.22. The van der Waals surface area contributed by atoms with Gasteiger partial charge in [-0.25, -0.2) is 0 Å². The van der Waals surface area contributed by atoms with E-state index in [-0.39, 0.29) is 5.91 Å². The summed E-state index contributed by atoms with van der Waals surface area (Å²) >= 11 is 0. The average molecular weight is 330 g/mol. The van der Waals surface area contributed by atoms with E-state index in [4.69, 9.17) is 0 Å². The van der Waals surface area contributed by atoms with Crippen LogP contribution in [0.2, 0.25) is 0 Å². The number of anilines is 2. The molecule has 2 aromatic carbocycles. The lowest BCUT2D eigenvalue weighted by Crippen LogP contribution is -2.05. The fourth-order valence-electron chi connectivity index (χ4n) is 2.92. The van der Waals surface area contributed by atoms with Crippen molar-refractivity contribution in [1.29, 1.82) is 0 Å². The maximum atomic E-state index is 12.3. The minimum Gasteiger partial charge on any atom is -0.344 e. The molecule has 5 heteroatoms. The van der Waals surface area contributed by atoms with Gasteiger partial charge in [-0.2, -0.15) is 5.10 Å². The molecule has 124 valence electrons. The predicted molar refractivity (Wildman–Crippen MR) is 99.2 cm³/mol. The second-order valence-electron chi connectivity index (χ2n) is 6.16. The van der Waals surface area contributed by atoms with Crippen LogP contribution in [0.3, 0.4) is 0 Å². The molecule has 3 N–H and O–H groups in total. The Hall–Kier alpha value is -3.34. The van der Waals surface area contributed by atoms with Crippen molar-refractivity contribution in [2.24, 2.45) is 0 Å². The second-order valence-corrected chi connectivity index (χ2v) is 6.16. The molecule has 0 saturated carbocycles. The van der Waals surface area contributed by atoms with Crippen molar-refractivity contribution in [3.05, 3.63) is 83.2 Å². The molecule has 0 spiro atoms. The molecular weight excluding hydrogens is 312 g/mol. The molecule has 1 aromatic heterocycles. The molecule has 1 aliphatic rings. The number of fused-ring (bicyclic) bond motifs is 1. The Kier molecular flexibility index (Phi) is 3.82. The lowest BCUT2D eigenvalue weighted by Gasteiger charge is -2.06. The minimum atomic E-state index is -0.106. The van der Waals surface area contributed by atoms with Crippen LogP contribution in [0.5, 0.6) is 0 Å². The maximum Gasteiger partial charge on any atom is 0.257 e. The number of aryl methyl sites for hydroxylation is 1. The molecule has 0 aliphatic carbocycles. The van der Waals surface area contributed by atoms with E-state index in [0.29, 0.717) is 11.4 Å². The number of amides is 1. The second kappa shape index (κ2) is 6.28. The Morgan fingerprint density at radius 2 is 1.88 bits per heavy atom. The summed E-state index contributed by atoms with van der Waals surface area (Å²) in [5, 5.41) is 12.7. The van der Waals surface area contributed by atoms with E-state index >= 15 is 0 Å². The first-order chi connectivity index (χ1) is 12.2. The first kappa shape index (κ1) is 15.2. The third-order valence-electron chi connectivity index (χ3n) is 4.26. The molecular formula is C20H18N4O. The number of hydrogen-bond acceptors (Lipinski definition) is 3. The third kappa shape index (κ3) is 3.17. The largest absolute Gasteiger partial charge is 0.344 e. The van der Waals surface area contributed by atoms with E-state index in [9.17, 15) is 4.79 Å². The van der Waals surface area contributed by atoms with Gasteiger partial charge in [0.1, 0.15) is 0 Å². The topological polar surface area (TPSA) is 69.8 Å². The molecule has 5 nitrogen and oxygen atoms in total. The van der Waals surface area contributed by atoms with Crippen LogP contribution < -0.4 is 10.6 Å². The highest BCUT2D eigenvalue weighted by Crippen LogP contribution is 2.33. The molecule has 2 heterocycles. The molecule has 0 fully saturated rings. The van der Waals surface area contributed by atoms with Crippen LogP contribution in [-0.4, -0.2) is 16.1 Å². The quantitative estimate of drug-likeness (QED) is 0.639. The van der Waals surface area contributed by atoms with Gasteiger partial charge in [-0.3, -0.25) is 9.89 Å². The van der Waals surface area contributed by atoms with Gasteiger partial charge in [-0.15, -0.1) is 0 Å². The highest BCUT2D eigenvalue weighted by molar-refractivity contribution is 6.31. The molecule has 25 heavy (non-hydrogen) atoms. The van der Waals surface area contributed by atoms with E-state index in [1.807, 2.05) is 6.07 Å². The molecule has 1 aliphatic heterocycles. The first-order valence-corrected chi connectivity index (χ1v) is 8.16. The summed E-state index contributed by atoms with van der Waals surface area (Å²) < 4.78 is 0. The van der Waals surface area contributed by atoms with Gasteiger partial charge in [0.2, 0.25) is 0 Å². The van der Waals surface area contributed by atoms with Crippen molar-refractivity contribution < 1.29 is 4.79 Å². The molecule has 0 radical (unpaired) electrons. The number of carbonyl (C=O) groups excluding carboxylic acids is 1. The zero-order chi connectivity index (χ0) is 17.2. The number of aromatic nitrogens is 2. The Morgan fingerprint density at radius 3 is 2.64 bits per heavy atom. The van der Waals surface area contributed by atoms with Crippen LogP contribution in [0.1, 0.15) is 22.3 Å². The highest BCUT2D eigenvalue weighted by atomic mass is 16.2. The SMILES string of the molecule is Cc1ccc(Cc2ccc3c(c2)/C(=C/Nc2cc[nH]n2)C(=O)N3)cc1. The fourth-order valence-corrected chi connectivity index (χ4v) is 2.92. The van der Waals surface area contributed by atoms with Crippen LogP contribution in [0, 0.1) is 6.92 Å². The van der Waals surface area contributed by atoms with Gasteiger partial charge in [0.25, 0.3) is 5.91 Å². The molecule has 0 bridgehead atoms. The van der Waals surface area contributed by atoms with Crippen LogP contribution in [0.4, 0.5) is 11.5 Å². The number of rotatable bonds is 4. The van der Waals surface area contributed by atoms with Crippen molar-refractivity contribution in [2.75, 3.05) is 10.6 Å². The minimum absolute atomic E-state index is 0.106. The van der Waals surface area contributed by atoms with Crippen LogP contribution in [-0.2, 0) is 11.2 Å². The smallest absolute Gasteiger partial charge is 0.257 e. The maximum absolute atomic E-state index is 12.3. The van der Waals surface area contributed by atoms with Crippen LogP contribution >= 0.6 is 0 Å². The first-order valence-electron chi connectivity index (χ1n) is 8.16. The number of nitrogens with zero attached hydrogens (tertiary/aromatic N) is 1. The molecule has 4 rings (SSSR count). The van der Waals surface area contributed by atoms with Crippen molar-refractivity contribution in [3.8, 4) is 0 Å². The Balaban J connectivity index is 1.61. The zero-order valence-electron chi connectivity index (χ0n) is 13.8. The van der Waals surface area contributed by atoms with Crippen molar-refractivity contribution in [2.45, 2.75) is 13.3 Å². The Morgan fingerprint density at radius 1 is 1.08 bits per heavy atom. The van der Waals surface area contributed by atoms with E-state index in [0.717, 1.165) is 17.7 Å². The number of benzene rings is 2. The molecule has 3 aromatic rings. The van der Waals surface area contributed by atoms with Crippen LogP contribution in [0.15, 0.2) is 60.9 Å². The van der Waals surface area contributed by atoms with Crippen molar-refractivity contribution in [1.82, 2.24) is 10.2 Å². The number of carbonyl (C=O) groups is 1. The normalized spacial score (nSPS) is 14.4. The summed E-state index contributed by atoms with van der Waals surface area (Å²) in [6.45, 7) is 2.08. The predicted octanol–water partition coefficient (Wildman–Crippen LogP) is 3.71. The standard InChI is InChI=1S/C20H18N4O/c1-13-2-4-14(5-3-13)10-15-6-7-18-16(11-15)17(20(25)23-18)12-21-19-8-9-22-24-19/h2-9,11-12H,10H2,1H3,(H,23,25)(H2,21,22,24)/b17-12-. The summed E-state index contributed by atoms with van der Waals surface area (Å²) in [6, 6.07) is 16.4. The Bertz CT molecular complexity index is 940. The van der Waals surface area contributed by atoms with Crippen molar-refractivity contribution >= 4 is 23.0 Å². The molecule has 1 amide bonds. The monoisotopic (exact) mass is 330 g/mol. The summed E-state index contributed by atoms with van der Waals surface area (Å²) in [7, 11) is 0. The van der Waals surface area contributed by atoms with Gasteiger partial charge < -0.3 is 10.6 Å². The Labute approximate surface area is 145 Å². The number of aromatic amines is 1. The van der Waals surface area contributed by atoms with Gasteiger partial charge in [-0.05, 0) is 36.6 Å². The van der Waals surface area contributed by atoms with Crippen molar-refractivity contribution in [3.63, 3.8) is 0 Å². The number of H-pyrrole nitrogens is 1. The lowest BCUT2D eigenvalue weighted by molar-refractivity contribution is -0.110.